The average molecular weight is 322 g/mol. The van der Waals surface area contributed by atoms with E-state index < -0.39 is 11.7 Å². The number of nitrogens with one attached hydrogen (secondary N) is 1. The summed E-state index contributed by atoms with van der Waals surface area (Å²) in [6.45, 7) is 5.98. The van der Waals surface area contributed by atoms with Gasteiger partial charge in [-0.3, -0.25) is 4.79 Å². The van der Waals surface area contributed by atoms with Crippen molar-refractivity contribution in [3.8, 4) is 0 Å². The summed E-state index contributed by atoms with van der Waals surface area (Å²) in [6.07, 6.45) is 1.84. The Kier molecular flexibility index (Phi) is 3.48. The summed E-state index contributed by atoms with van der Waals surface area (Å²) in [7, 11) is 0. The fraction of sp³-hybridized carbons (Fsp3) is 0.375. The fourth-order valence-corrected chi connectivity index (χ4v) is 3.12. The van der Waals surface area contributed by atoms with Crippen molar-refractivity contribution < 1.29 is 9.18 Å². The van der Waals surface area contributed by atoms with E-state index in [1.165, 1.54) is 6.07 Å². The van der Waals surface area contributed by atoms with Gasteiger partial charge < -0.3 is 5.32 Å². The third kappa shape index (κ3) is 2.39. The first-order valence-electron chi connectivity index (χ1n) is 7.11. The monoisotopic (exact) mass is 321 g/mol. The Balaban J connectivity index is 2.18. The summed E-state index contributed by atoms with van der Waals surface area (Å²) in [5.41, 5.74) is 0.858. The van der Waals surface area contributed by atoms with Crippen molar-refractivity contribution in [2.24, 2.45) is 0 Å². The highest BCUT2D eigenvalue weighted by Gasteiger charge is 2.34. The molecule has 4 nitrogen and oxygen atoms in total. The number of amides is 1. The van der Waals surface area contributed by atoms with Crippen molar-refractivity contribution in [2.75, 3.05) is 5.32 Å². The molecule has 0 spiro atoms. The maximum absolute atomic E-state index is 14.3. The predicted octanol–water partition coefficient (Wildman–Crippen LogP) is 3.90. The van der Waals surface area contributed by atoms with E-state index in [4.69, 9.17) is 11.6 Å². The Morgan fingerprint density at radius 1 is 1.41 bits per heavy atom. The number of carbonyl (C=O) groups is 1. The van der Waals surface area contributed by atoms with E-state index in [2.05, 4.69) is 10.4 Å². The third-order valence-corrected chi connectivity index (χ3v) is 4.13. The lowest BCUT2D eigenvalue weighted by Gasteiger charge is -2.28. The minimum atomic E-state index is -0.423. The second-order valence-corrected chi connectivity index (χ2v) is 6.88. The van der Waals surface area contributed by atoms with Crippen molar-refractivity contribution in [3.05, 3.63) is 46.4 Å². The van der Waals surface area contributed by atoms with Crippen LogP contribution in [0.15, 0.2) is 24.4 Å². The van der Waals surface area contributed by atoms with E-state index >= 15 is 0 Å². The molecule has 1 atom stereocenters. The summed E-state index contributed by atoms with van der Waals surface area (Å²) in [5, 5.41) is 7.55. The molecule has 116 valence electrons. The highest BCUT2D eigenvalue weighted by atomic mass is 35.5. The molecule has 1 aromatic carbocycles. The first-order chi connectivity index (χ1) is 10.3. The summed E-state index contributed by atoms with van der Waals surface area (Å²) in [4.78, 5) is 12.1. The normalized spacial score (nSPS) is 18.0. The summed E-state index contributed by atoms with van der Waals surface area (Å²) >= 11 is 6.17. The predicted molar refractivity (Wildman–Crippen MR) is 83.7 cm³/mol. The van der Waals surface area contributed by atoms with Gasteiger partial charge in [-0.2, -0.15) is 5.10 Å². The molecule has 1 N–H and O–H groups in total. The molecule has 2 heterocycles. The van der Waals surface area contributed by atoms with Crippen LogP contribution in [-0.2, 0) is 10.3 Å². The fourth-order valence-electron chi connectivity index (χ4n) is 2.83. The molecular formula is C16H17ClFN3O. The highest BCUT2D eigenvalue weighted by molar-refractivity contribution is 6.31. The first-order valence-corrected chi connectivity index (χ1v) is 7.49. The number of aromatic nitrogens is 2. The van der Waals surface area contributed by atoms with E-state index in [0.717, 1.165) is 5.56 Å². The summed E-state index contributed by atoms with van der Waals surface area (Å²) in [5.74, 6) is -0.369. The molecule has 0 radical (unpaired) electrons. The van der Waals surface area contributed by atoms with E-state index in [1.807, 2.05) is 20.8 Å². The van der Waals surface area contributed by atoms with Gasteiger partial charge in [-0.05, 0) is 32.9 Å². The number of rotatable bonds is 1. The van der Waals surface area contributed by atoms with Gasteiger partial charge in [-0.15, -0.1) is 0 Å². The van der Waals surface area contributed by atoms with Crippen LogP contribution in [0.5, 0.6) is 0 Å². The van der Waals surface area contributed by atoms with Crippen LogP contribution in [0.4, 0.5) is 10.2 Å². The van der Waals surface area contributed by atoms with E-state index in [1.54, 1.807) is 23.0 Å². The Labute approximate surface area is 133 Å². The van der Waals surface area contributed by atoms with Crippen molar-refractivity contribution in [2.45, 2.75) is 38.6 Å². The summed E-state index contributed by atoms with van der Waals surface area (Å²) in [6, 6.07) is 4.56. The van der Waals surface area contributed by atoms with Gasteiger partial charge in [0.05, 0.1) is 11.7 Å². The van der Waals surface area contributed by atoms with Gasteiger partial charge in [0.15, 0.2) is 0 Å². The Hall–Kier alpha value is -1.88. The number of halogens is 2. The van der Waals surface area contributed by atoms with Gasteiger partial charge in [-0.1, -0.05) is 17.7 Å². The maximum Gasteiger partial charge on any atom is 0.226 e. The van der Waals surface area contributed by atoms with Gasteiger partial charge in [0.1, 0.15) is 11.6 Å². The van der Waals surface area contributed by atoms with E-state index in [-0.39, 0.29) is 17.9 Å². The smallest absolute Gasteiger partial charge is 0.226 e. The first kappa shape index (κ1) is 15.0. The molecule has 0 fully saturated rings. The van der Waals surface area contributed by atoms with Crippen LogP contribution >= 0.6 is 11.6 Å². The molecule has 0 bridgehead atoms. The number of fused-ring (bicyclic) bond motifs is 1. The van der Waals surface area contributed by atoms with Crippen LogP contribution in [0.3, 0.4) is 0 Å². The molecule has 2 aromatic rings. The van der Waals surface area contributed by atoms with Crippen molar-refractivity contribution in [1.29, 1.82) is 0 Å². The molecule has 0 aliphatic carbocycles. The van der Waals surface area contributed by atoms with Gasteiger partial charge >= 0.3 is 0 Å². The minimum absolute atomic E-state index is 0.156. The number of hydrogen-bond acceptors (Lipinski definition) is 2. The van der Waals surface area contributed by atoms with E-state index in [9.17, 15) is 9.18 Å². The molecule has 22 heavy (non-hydrogen) atoms. The topological polar surface area (TPSA) is 46.9 Å². The van der Waals surface area contributed by atoms with Crippen molar-refractivity contribution in [3.63, 3.8) is 0 Å². The van der Waals surface area contributed by atoms with E-state index in [0.29, 0.717) is 16.4 Å². The SMILES string of the molecule is CC(C)(C)n1ncc2c1NC(=O)CC2c1c(F)cccc1Cl. The zero-order chi connectivity index (χ0) is 16.1. The zero-order valence-corrected chi connectivity index (χ0v) is 13.4. The Bertz CT molecular complexity index is 728. The van der Waals surface area contributed by atoms with Crippen LogP contribution < -0.4 is 5.32 Å². The maximum atomic E-state index is 14.3. The van der Waals surface area contributed by atoms with Gasteiger partial charge in [0.2, 0.25) is 5.91 Å². The van der Waals surface area contributed by atoms with Gasteiger partial charge in [0.25, 0.3) is 0 Å². The molecule has 0 saturated carbocycles. The molecule has 1 amide bonds. The van der Waals surface area contributed by atoms with Crippen LogP contribution in [-0.4, -0.2) is 15.7 Å². The lowest BCUT2D eigenvalue weighted by atomic mass is 9.87. The number of carbonyl (C=O) groups excluding carboxylic acids is 1. The molecule has 6 heteroatoms. The number of benzene rings is 1. The van der Waals surface area contributed by atoms with Crippen LogP contribution in [0.2, 0.25) is 5.02 Å². The Morgan fingerprint density at radius 3 is 2.77 bits per heavy atom. The lowest BCUT2D eigenvalue weighted by Crippen LogP contribution is -2.30. The second-order valence-electron chi connectivity index (χ2n) is 6.47. The number of hydrogen-bond donors (Lipinski definition) is 1. The van der Waals surface area contributed by atoms with Crippen LogP contribution in [0.1, 0.15) is 44.2 Å². The van der Waals surface area contributed by atoms with Gasteiger partial charge in [-0.25, -0.2) is 9.07 Å². The zero-order valence-electron chi connectivity index (χ0n) is 12.7. The van der Waals surface area contributed by atoms with Crippen LogP contribution in [0.25, 0.3) is 0 Å². The molecule has 1 aliphatic heterocycles. The number of anilines is 1. The minimum Gasteiger partial charge on any atom is -0.311 e. The third-order valence-electron chi connectivity index (χ3n) is 3.80. The van der Waals surface area contributed by atoms with Crippen molar-refractivity contribution >= 4 is 23.3 Å². The molecule has 1 unspecified atom stereocenters. The molecule has 1 aromatic heterocycles. The largest absolute Gasteiger partial charge is 0.311 e. The molecule has 3 rings (SSSR count). The second kappa shape index (κ2) is 5.09. The average Bonchev–Trinajstić information content (AvgIpc) is 2.81. The van der Waals surface area contributed by atoms with Crippen LogP contribution in [0, 0.1) is 5.82 Å². The molecule has 0 saturated heterocycles. The highest BCUT2D eigenvalue weighted by Crippen LogP contribution is 2.41. The Morgan fingerprint density at radius 2 is 2.14 bits per heavy atom. The number of nitrogens with zero attached hydrogens (tertiary/aromatic N) is 2. The molecular weight excluding hydrogens is 305 g/mol. The summed E-state index contributed by atoms with van der Waals surface area (Å²) < 4.78 is 16.0. The van der Waals surface area contributed by atoms with Gasteiger partial charge in [0, 0.05) is 28.5 Å². The lowest BCUT2D eigenvalue weighted by molar-refractivity contribution is -0.116. The standard InChI is InChI=1S/C16H17ClFN3O/c1-16(2,3)21-15-10(8-19-21)9(7-13(22)20-15)14-11(17)5-4-6-12(14)18/h4-6,8-9H,7H2,1-3H3,(H,20,22). The quantitative estimate of drug-likeness (QED) is 0.865. The van der Waals surface area contributed by atoms with Crippen molar-refractivity contribution in [1.82, 2.24) is 9.78 Å². The molecule has 1 aliphatic rings.